The summed E-state index contributed by atoms with van der Waals surface area (Å²) in [6, 6.07) is 10.3. The Balaban J connectivity index is 1.65. The molecule has 10 heteroatoms. The number of carbonyl (C=O) groups excluding carboxylic acids is 1. The van der Waals surface area contributed by atoms with Gasteiger partial charge in [0.1, 0.15) is 18.2 Å². The normalized spacial score (nSPS) is 11.0. The highest BCUT2D eigenvalue weighted by molar-refractivity contribution is 5.90. The summed E-state index contributed by atoms with van der Waals surface area (Å²) < 4.78 is 29.1. The fourth-order valence-corrected chi connectivity index (χ4v) is 3.43. The van der Waals surface area contributed by atoms with E-state index in [0.717, 1.165) is 33.6 Å². The van der Waals surface area contributed by atoms with Gasteiger partial charge in [-0.2, -0.15) is 0 Å². The van der Waals surface area contributed by atoms with E-state index in [0.29, 0.717) is 17.4 Å². The standard InChI is InChI=1S/C22H20F2N6O2/c1-12-6-13(2)8-16(7-12)26-21-25-14(3)9-19-28-29(22(32)30(19)21)11-20(31)27-18-5-4-15(23)10-17(18)24/h4-10H,11H2,1-3H3,(H,25,26)(H,27,31). The summed E-state index contributed by atoms with van der Waals surface area (Å²) >= 11 is 0. The zero-order valence-electron chi connectivity index (χ0n) is 17.6. The number of fused-ring (bicyclic) bond motifs is 1. The van der Waals surface area contributed by atoms with Gasteiger partial charge in [0.05, 0.1) is 5.69 Å². The summed E-state index contributed by atoms with van der Waals surface area (Å²) in [6.07, 6.45) is 0. The summed E-state index contributed by atoms with van der Waals surface area (Å²) in [5, 5.41) is 9.66. The highest BCUT2D eigenvalue weighted by Crippen LogP contribution is 2.19. The molecule has 2 heterocycles. The van der Waals surface area contributed by atoms with Crippen LogP contribution in [0.3, 0.4) is 0 Å². The first-order valence-corrected chi connectivity index (χ1v) is 9.77. The third kappa shape index (κ3) is 4.34. The van der Waals surface area contributed by atoms with Gasteiger partial charge < -0.3 is 10.6 Å². The molecule has 0 spiro atoms. The molecule has 2 aromatic carbocycles. The molecule has 2 N–H and O–H groups in total. The van der Waals surface area contributed by atoms with Crippen LogP contribution >= 0.6 is 0 Å². The molecule has 0 bridgehead atoms. The Morgan fingerprint density at radius 3 is 2.44 bits per heavy atom. The van der Waals surface area contributed by atoms with E-state index in [1.165, 1.54) is 4.40 Å². The van der Waals surface area contributed by atoms with Crippen LogP contribution in [0.2, 0.25) is 0 Å². The van der Waals surface area contributed by atoms with E-state index < -0.39 is 29.8 Å². The summed E-state index contributed by atoms with van der Waals surface area (Å²) in [4.78, 5) is 29.7. The van der Waals surface area contributed by atoms with Crippen molar-refractivity contribution in [2.75, 3.05) is 10.6 Å². The van der Waals surface area contributed by atoms with Gasteiger partial charge in [0.15, 0.2) is 5.65 Å². The molecular formula is C22H20F2N6O2. The molecular weight excluding hydrogens is 418 g/mol. The summed E-state index contributed by atoms with van der Waals surface area (Å²) in [6.45, 7) is 5.23. The van der Waals surface area contributed by atoms with Crippen molar-refractivity contribution in [1.29, 1.82) is 0 Å². The maximum atomic E-state index is 13.8. The van der Waals surface area contributed by atoms with E-state index >= 15 is 0 Å². The number of anilines is 3. The molecule has 0 saturated heterocycles. The number of halogens is 2. The second kappa shape index (κ2) is 8.22. The van der Waals surface area contributed by atoms with Crippen molar-refractivity contribution in [1.82, 2.24) is 19.2 Å². The van der Waals surface area contributed by atoms with Crippen LogP contribution in [0.1, 0.15) is 16.8 Å². The van der Waals surface area contributed by atoms with Crippen molar-refractivity contribution in [3.05, 3.63) is 81.4 Å². The van der Waals surface area contributed by atoms with E-state index in [-0.39, 0.29) is 11.6 Å². The number of carbonyl (C=O) groups is 1. The monoisotopic (exact) mass is 438 g/mol. The van der Waals surface area contributed by atoms with E-state index in [1.54, 1.807) is 13.0 Å². The molecule has 2 aromatic heterocycles. The number of aromatic nitrogens is 4. The highest BCUT2D eigenvalue weighted by atomic mass is 19.1. The summed E-state index contributed by atoms with van der Waals surface area (Å²) in [7, 11) is 0. The molecule has 0 radical (unpaired) electrons. The average Bonchev–Trinajstić information content (AvgIpc) is 2.98. The van der Waals surface area contributed by atoms with E-state index in [1.807, 2.05) is 32.0 Å². The largest absolute Gasteiger partial charge is 0.353 e. The van der Waals surface area contributed by atoms with Crippen LogP contribution in [-0.2, 0) is 11.3 Å². The third-order valence-electron chi connectivity index (χ3n) is 4.67. The predicted molar refractivity (Wildman–Crippen MR) is 116 cm³/mol. The van der Waals surface area contributed by atoms with Gasteiger partial charge in [-0.15, -0.1) is 5.10 Å². The molecule has 0 unspecified atom stereocenters. The SMILES string of the molecule is Cc1cc(C)cc(Nc2nc(C)cc3nn(CC(=O)Nc4ccc(F)cc4F)c(=O)n23)c1. The van der Waals surface area contributed by atoms with E-state index in [2.05, 4.69) is 20.7 Å². The molecule has 32 heavy (non-hydrogen) atoms. The lowest BCUT2D eigenvalue weighted by molar-refractivity contribution is -0.117. The minimum Gasteiger partial charge on any atom is -0.325 e. The quantitative estimate of drug-likeness (QED) is 0.498. The highest BCUT2D eigenvalue weighted by Gasteiger charge is 2.16. The fraction of sp³-hybridized carbons (Fsp3) is 0.182. The molecule has 0 aliphatic rings. The molecule has 0 aliphatic heterocycles. The zero-order chi connectivity index (χ0) is 23.0. The lowest BCUT2D eigenvalue weighted by atomic mass is 10.1. The first-order valence-electron chi connectivity index (χ1n) is 9.77. The first kappa shape index (κ1) is 21.2. The molecule has 0 atom stereocenters. The van der Waals surface area contributed by atoms with Crippen molar-refractivity contribution < 1.29 is 13.6 Å². The summed E-state index contributed by atoms with van der Waals surface area (Å²) in [5.41, 5.74) is 2.99. The molecule has 0 fully saturated rings. The van der Waals surface area contributed by atoms with Crippen LogP contribution in [0, 0.1) is 32.4 Å². The fourth-order valence-electron chi connectivity index (χ4n) is 3.43. The predicted octanol–water partition coefficient (Wildman–Crippen LogP) is 3.48. The van der Waals surface area contributed by atoms with Gasteiger partial charge in [-0.1, -0.05) is 6.07 Å². The van der Waals surface area contributed by atoms with Gasteiger partial charge in [-0.3, -0.25) is 4.79 Å². The van der Waals surface area contributed by atoms with Crippen LogP contribution < -0.4 is 16.3 Å². The van der Waals surface area contributed by atoms with Gasteiger partial charge >= 0.3 is 5.69 Å². The Labute approximate surface area is 181 Å². The minimum atomic E-state index is -0.916. The van der Waals surface area contributed by atoms with E-state index in [9.17, 15) is 18.4 Å². The van der Waals surface area contributed by atoms with Crippen molar-refractivity contribution in [3.8, 4) is 0 Å². The third-order valence-corrected chi connectivity index (χ3v) is 4.67. The van der Waals surface area contributed by atoms with Crippen LogP contribution in [0.5, 0.6) is 0 Å². The molecule has 1 amide bonds. The topological polar surface area (TPSA) is 93.3 Å². The second-order valence-electron chi connectivity index (χ2n) is 7.53. The van der Waals surface area contributed by atoms with E-state index in [4.69, 9.17) is 0 Å². The second-order valence-corrected chi connectivity index (χ2v) is 7.53. The first-order chi connectivity index (χ1) is 15.2. The number of rotatable bonds is 5. The lowest BCUT2D eigenvalue weighted by Crippen LogP contribution is -2.29. The Hall–Kier alpha value is -4.08. The number of hydrogen-bond acceptors (Lipinski definition) is 5. The Bertz CT molecular complexity index is 1390. The number of nitrogens with zero attached hydrogens (tertiary/aromatic N) is 4. The van der Waals surface area contributed by atoms with Gasteiger partial charge in [0.2, 0.25) is 11.9 Å². The minimum absolute atomic E-state index is 0.192. The van der Waals surface area contributed by atoms with Crippen LogP contribution in [0.4, 0.5) is 26.1 Å². The molecule has 8 nitrogen and oxygen atoms in total. The number of amides is 1. The molecule has 4 rings (SSSR count). The average molecular weight is 438 g/mol. The molecule has 0 saturated carbocycles. The smallest absolute Gasteiger partial charge is 0.325 e. The van der Waals surface area contributed by atoms with Crippen LogP contribution in [0.25, 0.3) is 5.65 Å². The van der Waals surface area contributed by atoms with Crippen molar-refractivity contribution in [2.45, 2.75) is 27.3 Å². The van der Waals surface area contributed by atoms with Crippen LogP contribution in [-0.4, -0.2) is 25.1 Å². The molecule has 0 aliphatic carbocycles. The van der Waals surface area contributed by atoms with Gasteiger partial charge in [-0.25, -0.2) is 27.6 Å². The maximum Gasteiger partial charge on any atom is 0.353 e. The Kier molecular flexibility index (Phi) is 5.43. The maximum absolute atomic E-state index is 13.8. The number of nitrogens with one attached hydrogen (secondary N) is 2. The number of aryl methyl sites for hydroxylation is 3. The Morgan fingerprint density at radius 1 is 1.03 bits per heavy atom. The summed E-state index contributed by atoms with van der Waals surface area (Å²) in [5.74, 6) is -2.11. The zero-order valence-corrected chi connectivity index (χ0v) is 17.6. The van der Waals surface area contributed by atoms with Crippen molar-refractivity contribution >= 4 is 28.9 Å². The number of hydrogen-bond donors (Lipinski definition) is 2. The number of benzene rings is 2. The molecule has 164 valence electrons. The molecule has 4 aromatic rings. The van der Waals surface area contributed by atoms with Crippen molar-refractivity contribution in [3.63, 3.8) is 0 Å². The van der Waals surface area contributed by atoms with Crippen molar-refractivity contribution in [2.24, 2.45) is 0 Å². The van der Waals surface area contributed by atoms with Gasteiger partial charge in [0.25, 0.3) is 0 Å². The van der Waals surface area contributed by atoms with Crippen LogP contribution in [0.15, 0.2) is 47.3 Å². The van der Waals surface area contributed by atoms with Gasteiger partial charge in [-0.05, 0) is 56.2 Å². The lowest BCUT2D eigenvalue weighted by Gasteiger charge is -2.09. The Morgan fingerprint density at radius 2 is 1.75 bits per heavy atom. The van der Waals surface area contributed by atoms with Gasteiger partial charge in [0, 0.05) is 23.5 Å².